The van der Waals surface area contributed by atoms with Gasteiger partial charge in [0.1, 0.15) is 18.2 Å². The molecule has 1 heterocycles. The zero-order valence-corrected chi connectivity index (χ0v) is 12.5. The van der Waals surface area contributed by atoms with E-state index in [0.717, 1.165) is 0 Å². The maximum Gasteiger partial charge on any atom is 0.275 e. The molecule has 0 unspecified atom stereocenters. The molecule has 0 saturated carbocycles. The molecule has 7 heteroatoms. The van der Waals surface area contributed by atoms with Gasteiger partial charge in [0.2, 0.25) is 0 Å². The fourth-order valence-corrected chi connectivity index (χ4v) is 1.86. The predicted molar refractivity (Wildman–Crippen MR) is 83.8 cm³/mol. The average Bonchev–Trinajstić information content (AvgIpc) is 2.49. The maximum atomic E-state index is 11.8. The van der Waals surface area contributed by atoms with Crippen molar-refractivity contribution in [1.29, 1.82) is 0 Å². The molecule has 0 aliphatic rings. The standard InChI is InChI=1S/C15H18N4O3/c1-10-9-17-19-15(20)13(10)14(16)18-11-3-5-12(6-4-11)22-8-7-21-2/h3-6,9H,7-8H2,1-2H3,(H2,16,18)(H,19,20). The number of benzene rings is 1. The van der Waals surface area contributed by atoms with Crippen LogP contribution in [0.15, 0.2) is 40.2 Å². The fraction of sp³-hybridized carbons (Fsp3) is 0.267. The van der Waals surface area contributed by atoms with Crippen LogP contribution in [0.5, 0.6) is 5.75 Å². The summed E-state index contributed by atoms with van der Waals surface area (Å²) in [6, 6.07) is 7.09. The van der Waals surface area contributed by atoms with E-state index in [9.17, 15) is 4.79 Å². The molecule has 0 radical (unpaired) electrons. The van der Waals surface area contributed by atoms with Gasteiger partial charge in [0.05, 0.1) is 24.1 Å². The van der Waals surface area contributed by atoms with Gasteiger partial charge in [-0.15, -0.1) is 0 Å². The highest BCUT2D eigenvalue weighted by Crippen LogP contribution is 2.18. The second-order valence-electron chi connectivity index (χ2n) is 4.59. The Labute approximate surface area is 127 Å². The van der Waals surface area contributed by atoms with Gasteiger partial charge in [-0.25, -0.2) is 10.1 Å². The third-order valence-electron chi connectivity index (χ3n) is 2.94. The molecular formula is C15H18N4O3. The number of aryl methyl sites for hydroxylation is 1. The summed E-state index contributed by atoms with van der Waals surface area (Å²) in [4.78, 5) is 16.0. The highest BCUT2D eigenvalue weighted by molar-refractivity contribution is 5.99. The van der Waals surface area contributed by atoms with Crippen molar-refractivity contribution in [3.63, 3.8) is 0 Å². The van der Waals surface area contributed by atoms with Crippen molar-refractivity contribution in [2.45, 2.75) is 6.92 Å². The number of aliphatic imine (C=N–C) groups is 1. The van der Waals surface area contributed by atoms with Crippen molar-refractivity contribution >= 4 is 11.5 Å². The quantitative estimate of drug-likeness (QED) is 0.473. The third kappa shape index (κ3) is 3.92. The van der Waals surface area contributed by atoms with Crippen molar-refractivity contribution < 1.29 is 9.47 Å². The van der Waals surface area contributed by atoms with E-state index in [1.54, 1.807) is 38.3 Å². The Kier molecular flexibility index (Phi) is 5.26. The van der Waals surface area contributed by atoms with Gasteiger partial charge in [-0.2, -0.15) is 5.10 Å². The zero-order chi connectivity index (χ0) is 15.9. The number of hydrogen-bond acceptors (Lipinski definition) is 5. The molecule has 7 nitrogen and oxygen atoms in total. The molecule has 2 aromatic rings. The van der Waals surface area contributed by atoms with Crippen molar-refractivity contribution in [2.75, 3.05) is 20.3 Å². The largest absolute Gasteiger partial charge is 0.491 e. The highest BCUT2D eigenvalue weighted by Gasteiger charge is 2.08. The number of aromatic nitrogens is 2. The molecule has 2 rings (SSSR count). The van der Waals surface area contributed by atoms with Crippen LogP contribution in [0.3, 0.4) is 0 Å². The van der Waals surface area contributed by atoms with Crippen LogP contribution in [-0.4, -0.2) is 36.4 Å². The number of rotatable bonds is 6. The van der Waals surface area contributed by atoms with Crippen molar-refractivity contribution in [2.24, 2.45) is 10.7 Å². The third-order valence-corrected chi connectivity index (χ3v) is 2.94. The molecule has 22 heavy (non-hydrogen) atoms. The minimum atomic E-state index is -0.360. The van der Waals surface area contributed by atoms with Gasteiger partial charge in [-0.05, 0) is 36.8 Å². The number of amidine groups is 1. The van der Waals surface area contributed by atoms with Crippen LogP contribution in [0.2, 0.25) is 0 Å². The molecule has 0 spiro atoms. The Hall–Kier alpha value is -2.67. The van der Waals surface area contributed by atoms with Crippen LogP contribution >= 0.6 is 0 Å². The van der Waals surface area contributed by atoms with E-state index in [4.69, 9.17) is 15.2 Å². The summed E-state index contributed by atoms with van der Waals surface area (Å²) in [5.41, 5.74) is 7.19. The van der Waals surface area contributed by atoms with E-state index in [1.165, 1.54) is 6.20 Å². The number of ether oxygens (including phenoxy) is 2. The minimum absolute atomic E-state index is 0.147. The first-order valence-electron chi connectivity index (χ1n) is 6.72. The molecule has 0 saturated heterocycles. The molecule has 0 aliphatic heterocycles. The van der Waals surface area contributed by atoms with Crippen molar-refractivity contribution in [1.82, 2.24) is 10.2 Å². The second kappa shape index (κ2) is 7.37. The molecule has 116 valence electrons. The number of hydrogen-bond donors (Lipinski definition) is 2. The number of nitrogens with two attached hydrogens (primary N) is 1. The van der Waals surface area contributed by atoms with Gasteiger partial charge >= 0.3 is 0 Å². The number of nitrogens with one attached hydrogen (secondary N) is 1. The Morgan fingerprint density at radius 2 is 2.05 bits per heavy atom. The molecule has 1 aromatic heterocycles. The van der Waals surface area contributed by atoms with Gasteiger partial charge in [0, 0.05) is 7.11 Å². The summed E-state index contributed by atoms with van der Waals surface area (Å²) in [7, 11) is 1.62. The second-order valence-corrected chi connectivity index (χ2v) is 4.59. The molecule has 0 fully saturated rings. The topological polar surface area (TPSA) is 103 Å². The lowest BCUT2D eigenvalue weighted by Gasteiger charge is -2.06. The lowest BCUT2D eigenvalue weighted by Crippen LogP contribution is -2.26. The summed E-state index contributed by atoms with van der Waals surface area (Å²) in [5.74, 6) is 0.863. The summed E-state index contributed by atoms with van der Waals surface area (Å²) in [6.07, 6.45) is 1.53. The Bertz CT molecular complexity index is 707. The van der Waals surface area contributed by atoms with Crippen LogP contribution in [0, 0.1) is 6.92 Å². The van der Waals surface area contributed by atoms with Crippen LogP contribution in [0.25, 0.3) is 0 Å². The number of H-pyrrole nitrogens is 1. The van der Waals surface area contributed by atoms with E-state index >= 15 is 0 Å². The van der Waals surface area contributed by atoms with E-state index < -0.39 is 0 Å². The molecule has 0 aliphatic carbocycles. The van der Waals surface area contributed by atoms with E-state index in [0.29, 0.717) is 35.8 Å². The van der Waals surface area contributed by atoms with E-state index in [-0.39, 0.29) is 11.4 Å². The summed E-state index contributed by atoms with van der Waals surface area (Å²) >= 11 is 0. The van der Waals surface area contributed by atoms with Crippen molar-refractivity contribution in [3.8, 4) is 5.75 Å². The first kappa shape index (κ1) is 15.7. The predicted octanol–water partition coefficient (Wildman–Crippen LogP) is 1.14. The van der Waals surface area contributed by atoms with Crippen LogP contribution in [-0.2, 0) is 4.74 Å². The van der Waals surface area contributed by atoms with E-state index in [2.05, 4.69) is 15.2 Å². The summed E-state index contributed by atoms with van der Waals surface area (Å²) in [6.45, 7) is 2.76. The molecular weight excluding hydrogens is 284 g/mol. The van der Waals surface area contributed by atoms with Gasteiger partial charge < -0.3 is 15.2 Å². The lowest BCUT2D eigenvalue weighted by atomic mass is 10.1. The smallest absolute Gasteiger partial charge is 0.275 e. The van der Waals surface area contributed by atoms with Crippen molar-refractivity contribution in [3.05, 3.63) is 51.9 Å². The monoisotopic (exact) mass is 302 g/mol. The molecule has 0 atom stereocenters. The number of nitrogens with zero attached hydrogens (tertiary/aromatic N) is 2. The molecule has 0 bridgehead atoms. The fourth-order valence-electron chi connectivity index (χ4n) is 1.86. The van der Waals surface area contributed by atoms with Gasteiger partial charge in [0.15, 0.2) is 0 Å². The van der Waals surface area contributed by atoms with Crippen LogP contribution in [0.1, 0.15) is 11.1 Å². The minimum Gasteiger partial charge on any atom is -0.491 e. The Morgan fingerprint density at radius 1 is 1.32 bits per heavy atom. The first-order chi connectivity index (χ1) is 10.6. The number of aromatic amines is 1. The molecule has 1 aromatic carbocycles. The summed E-state index contributed by atoms with van der Waals surface area (Å²) < 4.78 is 10.4. The maximum absolute atomic E-state index is 11.8. The average molecular weight is 302 g/mol. The molecule has 3 N–H and O–H groups in total. The van der Waals surface area contributed by atoms with Crippen LogP contribution in [0.4, 0.5) is 5.69 Å². The van der Waals surface area contributed by atoms with Crippen LogP contribution < -0.4 is 16.0 Å². The van der Waals surface area contributed by atoms with Gasteiger partial charge in [-0.3, -0.25) is 4.79 Å². The molecule has 0 amide bonds. The first-order valence-corrected chi connectivity index (χ1v) is 6.72. The van der Waals surface area contributed by atoms with E-state index in [1.807, 2.05) is 0 Å². The Morgan fingerprint density at radius 3 is 2.68 bits per heavy atom. The Balaban J connectivity index is 2.17. The lowest BCUT2D eigenvalue weighted by molar-refractivity contribution is 0.146. The SMILES string of the molecule is COCCOc1ccc(N=C(N)c2c(C)cn[nH]c2=O)cc1. The van der Waals surface area contributed by atoms with Gasteiger partial charge in [-0.1, -0.05) is 0 Å². The highest BCUT2D eigenvalue weighted by atomic mass is 16.5. The van der Waals surface area contributed by atoms with Gasteiger partial charge in [0.25, 0.3) is 5.56 Å². The number of methoxy groups -OCH3 is 1. The normalized spacial score (nSPS) is 11.5. The zero-order valence-electron chi connectivity index (χ0n) is 12.5. The summed E-state index contributed by atoms with van der Waals surface area (Å²) in [5, 5.41) is 6.05.